The number of aromatic nitrogens is 2. The predicted molar refractivity (Wildman–Crippen MR) is 58.8 cm³/mol. The fraction of sp³-hybridized carbons (Fsp3) is 0.455. The summed E-state index contributed by atoms with van der Waals surface area (Å²) in [6, 6.07) is -0.463. The maximum atomic E-state index is 11.6. The number of nitrogens with zero attached hydrogens (tertiary/aromatic N) is 2. The van der Waals surface area contributed by atoms with E-state index < -0.39 is 6.04 Å². The van der Waals surface area contributed by atoms with Gasteiger partial charge in [-0.05, 0) is 12.3 Å². The van der Waals surface area contributed by atoms with Gasteiger partial charge in [-0.2, -0.15) is 0 Å². The van der Waals surface area contributed by atoms with Crippen molar-refractivity contribution >= 4 is 12.2 Å². The maximum absolute atomic E-state index is 11.6. The predicted octanol–water partition coefficient (Wildman–Crippen LogP) is 0.820. The molecule has 0 bridgehead atoms. The summed E-state index contributed by atoms with van der Waals surface area (Å²) in [5, 5.41) is 2.60. The van der Waals surface area contributed by atoms with Crippen LogP contribution < -0.4 is 5.32 Å². The molecule has 0 saturated heterocycles. The molecular weight excluding hydrogens is 206 g/mol. The molecule has 1 atom stereocenters. The minimum atomic E-state index is -0.463. The number of hydrogen-bond donors (Lipinski definition) is 1. The fourth-order valence-electron chi connectivity index (χ4n) is 1.32. The molecule has 5 heteroatoms. The lowest BCUT2D eigenvalue weighted by Gasteiger charge is -2.14. The van der Waals surface area contributed by atoms with Gasteiger partial charge in [-0.1, -0.05) is 13.8 Å². The molecule has 0 spiro atoms. The molecular formula is C11H15N3O2. The molecule has 5 nitrogen and oxygen atoms in total. The van der Waals surface area contributed by atoms with E-state index in [4.69, 9.17) is 0 Å². The summed E-state index contributed by atoms with van der Waals surface area (Å²) < 4.78 is 0. The Morgan fingerprint density at radius 2 is 2.25 bits per heavy atom. The van der Waals surface area contributed by atoms with Crippen molar-refractivity contribution in [1.29, 1.82) is 0 Å². The van der Waals surface area contributed by atoms with Crippen molar-refractivity contribution in [3.05, 3.63) is 24.3 Å². The van der Waals surface area contributed by atoms with Crippen LogP contribution in [0.4, 0.5) is 0 Å². The molecule has 1 amide bonds. The molecule has 0 unspecified atom stereocenters. The van der Waals surface area contributed by atoms with Crippen LogP contribution >= 0.6 is 0 Å². The number of hydrogen-bond acceptors (Lipinski definition) is 4. The van der Waals surface area contributed by atoms with Crippen LogP contribution in [0.25, 0.3) is 0 Å². The molecule has 0 saturated carbocycles. The topological polar surface area (TPSA) is 72.0 Å². The van der Waals surface area contributed by atoms with Crippen LogP contribution in [-0.4, -0.2) is 28.2 Å². The second-order valence-corrected chi connectivity index (χ2v) is 3.94. The Labute approximate surface area is 94.3 Å². The number of rotatable bonds is 5. The lowest BCUT2D eigenvalue weighted by molar-refractivity contribution is -0.109. The van der Waals surface area contributed by atoms with Crippen LogP contribution in [0.1, 0.15) is 30.8 Å². The highest BCUT2D eigenvalue weighted by Crippen LogP contribution is 2.03. The molecule has 0 aromatic carbocycles. The molecule has 0 aliphatic heterocycles. The van der Waals surface area contributed by atoms with Gasteiger partial charge >= 0.3 is 0 Å². The standard InChI is InChI=1S/C11H15N3O2/c1-8(2)5-9(7-15)14-11(16)10-6-12-3-4-13-10/h3-4,6-9H,5H2,1-2H3,(H,14,16)/t9-/m0/s1. The van der Waals surface area contributed by atoms with Gasteiger partial charge < -0.3 is 10.1 Å². The van der Waals surface area contributed by atoms with Crippen molar-refractivity contribution in [2.24, 2.45) is 5.92 Å². The summed E-state index contributed by atoms with van der Waals surface area (Å²) in [5.74, 6) is -0.0248. The molecule has 0 aliphatic rings. The van der Waals surface area contributed by atoms with E-state index in [0.29, 0.717) is 12.3 Å². The van der Waals surface area contributed by atoms with Crippen LogP contribution in [0.15, 0.2) is 18.6 Å². The van der Waals surface area contributed by atoms with Gasteiger partial charge in [-0.3, -0.25) is 9.78 Å². The van der Waals surface area contributed by atoms with Crippen LogP contribution in [0.2, 0.25) is 0 Å². The molecule has 0 aliphatic carbocycles. The van der Waals surface area contributed by atoms with Crippen LogP contribution in [-0.2, 0) is 4.79 Å². The second kappa shape index (κ2) is 5.95. The van der Waals surface area contributed by atoms with E-state index in [2.05, 4.69) is 15.3 Å². The molecule has 1 aromatic heterocycles. The Balaban J connectivity index is 2.59. The molecule has 1 aromatic rings. The number of carbonyl (C=O) groups is 2. The van der Waals surface area contributed by atoms with Gasteiger partial charge in [0.15, 0.2) is 0 Å². The Kier molecular flexibility index (Phi) is 4.57. The summed E-state index contributed by atoms with van der Waals surface area (Å²) in [7, 11) is 0. The summed E-state index contributed by atoms with van der Waals surface area (Å²) in [5.41, 5.74) is 0.220. The van der Waals surface area contributed by atoms with Gasteiger partial charge in [0.2, 0.25) is 0 Å². The highest BCUT2D eigenvalue weighted by molar-refractivity contribution is 5.93. The monoisotopic (exact) mass is 221 g/mol. The Morgan fingerprint density at radius 3 is 2.75 bits per heavy atom. The van der Waals surface area contributed by atoms with Crippen LogP contribution in [0.3, 0.4) is 0 Å². The highest BCUT2D eigenvalue weighted by Gasteiger charge is 2.14. The zero-order valence-corrected chi connectivity index (χ0v) is 9.38. The average Bonchev–Trinajstić information content (AvgIpc) is 2.28. The first-order valence-corrected chi connectivity index (χ1v) is 5.15. The summed E-state index contributed by atoms with van der Waals surface area (Å²) in [6.45, 7) is 3.98. The molecule has 16 heavy (non-hydrogen) atoms. The highest BCUT2D eigenvalue weighted by atomic mass is 16.2. The number of amides is 1. The summed E-state index contributed by atoms with van der Waals surface area (Å²) >= 11 is 0. The van der Waals surface area contributed by atoms with Gasteiger partial charge in [0.25, 0.3) is 5.91 Å². The molecule has 1 heterocycles. The summed E-state index contributed by atoms with van der Waals surface area (Å²) in [4.78, 5) is 30.0. The van der Waals surface area contributed by atoms with E-state index in [1.54, 1.807) is 0 Å². The lowest BCUT2D eigenvalue weighted by Crippen LogP contribution is -2.37. The van der Waals surface area contributed by atoms with Crippen LogP contribution in [0, 0.1) is 5.92 Å². The van der Waals surface area contributed by atoms with E-state index in [-0.39, 0.29) is 11.6 Å². The van der Waals surface area contributed by atoms with Gasteiger partial charge in [0, 0.05) is 12.4 Å². The third kappa shape index (κ3) is 3.76. The van der Waals surface area contributed by atoms with Gasteiger partial charge in [-0.15, -0.1) is 0 Å². The van der Waals surface area contributed by atoms with E-state index in [9.17, 15) is 9.59 Å². The quantitative estimate of drug-likeness (QED) is 0.747. The Hall–Kier alpha value is -1.78. The van der Waals surface area contributed by atoms with Crippen molar-refractivity contribution in [1.82, 2.24) is 15.3 Å². The number of nitrogens with one attached hydrogen (secondary N) is 1. The first-order valence-electron chi connectivity index (χ1n) is 5.15. The smallest absolute Gasteiger partial charge is 0.272 e. The maximum Gasteiger partial charge on any atom is 0.272 e. The van der Waals surface area contributed by atoms with Crippen LogP contribution in [0.5, 0.6) is 0 Å². The average molecular weight is 221 g/mol. The van der Waals surface area contributed by atoms with Crippen molar-refractivity contribution in [3.8, 4) is 0 Å². The Morgan fingerprint density at radius 1 is 1.50 bits per heavy atom. The molecule has 1 N–H and O–H groups in total. The van der Waals surface area contributed by atoms with Crippen molar-refractivity contribution in [3.63, 3.8) is 0 Å². The van der Waals surface area contributed by atoms with E-state index in [0.717, 1.165) is 6.29 Å². The minimum absolute atomic E-state index is 0.220. The largest absolute Gasteiger partial charge is 0.341 e. The molecule has 86 valence electrons. The second-order valence-electron chi connectivity index (χ2n) is 3.94. The van der Waals surface area contributed by atoms with Crippen molar-refractivity contribution in [2.45, 2.75) is 26.3 Å². The molecule has 1 rings (SSSR count). The normalized spacial score (nSPS) is 12.2. The molecule has 0 radical (unpaired) electrons. The third-order valence-electron chi connectivity index (χ3n) is 2.00. The molecule has 0 fully saturated rings. The first kappa shape index (κ1) is 12.3. The Bertz CT molecular complexity index is 352. The van der Waals surface area contributed by atoms with Gasteiger partial charge in [-0.25, -0.2) is 4.98 Å². The van der Waals surface area contributed by atoms with Crippen molar-refractivity contribution < 1.29 is 9.59 Å². The lowest BCUT2D eigenvalue weighted by atomic mass is 10.0. The number of aldehydes is 1. The van der Waals surface area contributed by atoms with E-state index in [1.165, 1.54) is 18.6 Å². The first-order chi connectivity index (χ1) is 7.63. The van der Waals surface area contributed by atoms with E-state index >= 15 is 0 Å². The van der Waals surface area contributed by atoms with Gasteiger partial charge in [0.05, 0.1) is 12.2 Å². The minimum Gasteiger partial charge on any atom is -0.341 e. The van der Waals surface area contributed by atoms with Crippen molar-refractivity contribution in [2.75, 3.05) is 0 Å². The summed E-state index contributed by atoms with van der Waals surface area (Å²) in [6.07, 6.45) is 5.66. The zero-order chi connectivity index (χ0) is 12.0. The fourth-order valence-corrected chi connectivity index (χ4v) is 1.32. The third-order valence-corrected chi connectivity index (χ3v) is 2.00. The zero-order valence-electron chi connectivity index (χ0n) is 9.38. The van der Waals surface area contributed by atoms with E-state index in [1.807, 2.05) is 13.8 Å². The number of carbonyl (C=O) groups excluding carboxylic acids is 2. The SMILES string of the molecule is CC(C)C[C@@H](C=O)NC(=O)c1cnccn1. The van der Waals surface area contributed by atoms with Gasteiger partial charge in [0.1, 0.15) is 12.0 Å².